The van der Waals surface area contributed by atoms with Crippen LogP contribution in [0.5, 0.6) is 0 Å². The fourth-order valence-electron chi connectivity index (χ4n) is 3.46. The molecule has 2 aromatic carbocycles. The predicted molar refractivity (Wildman–Crippen MR) is 107 cm³/mol. The second kappa shape index (κ2) is 9.34. The van der Waals surface area contributed by atoms with Gasteiger partial charge in [-0.15, -0.1) is 0 Å². The smallest absolute Gasteiger partial charge is 0.340 e. The number of carbonyl (C=O) groups excluding carboxylic acids is 3. The van der Waals surface area contributed by atoms with Gasteiger partial charge in [0.1, 0.15) is 6.04 Å². The molecule has 3 rings (SSSR count). The molecule has 1 atom stereocenters. The SMILES string of the molecule is CCOC(=O)c1ccccc1NC(=O)CN1Cc2ccccc2C[C@@H]1C(=O)OC. The maximum absolute atomic E-state index is 12.7. The summed E-state index contributed by atoms with van der Waals surface area (Å²) in [4.78, 5) is 38.9. The third kappa shape index (κ3) is 4.81. The van der Waals surface area contributed by atoms with Crippen molar-refractivity contribution in [3.63, 3.8) is 0 Å². The first-order valence-electron chi connectivity index (χ1n) is 9.48. The van der Waals surface area contributed by atoms with E-state index in [1.165, 1.54) is 7.11 Å². The fraction of sp³-hybridized carbons (Fsp3) is 0.318. The third-order valence-corrected chi connectivity index (χ3v) is 4.86. The zero-order valence-corrected chi connectivity index (χ0v) is 16.5. The van der Waals surface area contributed by atoms with Gasteiger partial charge in [0, 0.05) is 6.54 Å². The molecule has 0 bridgehead atoms. The van der Waals surface area contributed by atoms with Gasteiger partial charge in [-0.3, -0.25) is 14.5 Å². The van der Waals surface area contributed by atoms with Crippen molar-refractivity contribution < 1.29 is 23.9 Å². The van der Waals surface area contributed by atoms with Gasteiger partial charge in [0.25, 0.3) is 0 Å². The molecule has 0 aliphatic carbocycles. The van der Waals surface area contributed by atoms with Crippen LogP contribution < -0.4 is 5.32 Å². The van der Waals surface area contributed by atoms with Crippen LogP contribution in [0.3, 0.4) is 0 Å². The number of methoxy groups -OCH3 is 1. The number of hydrogen-bond donors (Lipinski definition) is 1. The number of hydrogen-bond acceptors (Lipinski definition) is 6. The molecule has 29 heavy (non-hydrogen) atoms. The van der Waals surface area contributed by atoms with E-state index in [4.69, 9.17) is 9.47 Å². The fourth-order valence-corrected chi connectivity index (χ4v) is 3.46. The Morgan fingerprint density at radius 3 is 2.48 bits per heavy atom. The van der Waals surface area contributed by atoms with E-state index < -0.39 is 12.0 Å². The number of rotatable bonds is 6. The maximum Gasteiger partial charge on any atom is 0.340 e. The molecule has 1 aliphatic rings. The Balaban J connectivity index is 1.76. The maximum atomic E-state index is 12.7. The highest BCUT2D eigenvalue weighted by atomic mass is 16.5. The largest absolute Gasteiger partial charge is 0.468 e. The minimum absolute atomic E-state index is 0.00867. The van der Waals surface area contributed by atoms with Crippen LogP contribution in [-0.2, 0) is 32.0 Å². The molecule has 1 aliphatic heterocycles. The monoisotopic (exact) mass is 396 g/mol. The molecule has 2 aromatic rings. The molecule has 1 heterocycles. The second-order valence-corrected chi connectivity index (χ2v) is 6.73. The summed E-state index contributed by atoms with van der Waals surface area (Å²) < 4.78 is 9.98. The van der Waals surface area contributed by atoms with Crippen LogP contribution in [-0.4, -0.2) is 49.0 Å². The Morgan fingerprint density at radius 1 is 1.07 bits per heavy atom. The number of amides is 1. The van der Waals surface area contributed by atoms with Crippen LogP contribution in [0.2, 0.25) is 0 Å². The summed E-state index contributed by atoms with van der Waals surface area (Å²) in [6.07, 6.45) is 0.482. The van der Waals surface area contributed by atoms with Crippen molar-refractivity contribution in [1.29, 1.82) is 0 Å². The van der Waals surface area contributed by atoms with Gasteiger partial charge in [-0.05, 0) is 36.6 Å². The molecular formula is C22H24N2O5. The van der Waals surface area contributed by atoms with Crippen molar-refractivity contribution in [2.45, 2.75) is 25.9 Å². The number of esters is 2. The number of fused-ring (bicyclic) bond motifs is 1. The van der Waals surface area contributed by atoms with E-state index in [9.17, 15) is 14.4 Å². The number of para-hydroxylation sites is 1. The highest BCUT2D eigenvalue weighted by molar-refractivity contribution is 6.01. The summed E-state index contributed by atoms with van der Waals surface area (Å²) in [6.45, 7) is 2.42. The molecule has 0 spiro atoms. The van der Waals surface area contributed by atoms with E-state index in [0.29, 0.717) is 18.7 Å². The minimum Gasteiger partial charge on any atom is -0.468 e. The topological polar surface area (TPSA) is 84.9 Å². The Hall–Kier alpha value is -3.19. The van der Waals surface area contributed by atoms with E-state index in [0.717, 1.165) is 11.1 Å². The highest BCUT2D eigenvalue weighted by Crippen LogP contribution is 2.24. The lowest BCUT2D eigenvalue weighted by molar-refractivity contribution is -0.148. The lowest BCUT2D eigenvalue weighted by Gasteiger charge is -2.34. The lowest BCUT2D eigenvalue weighted by atomic mass is 9.94. The van der Waals surface area contributed by atoms with Gasteiger partial charge >= 0.3 is 11.9 Å². The summed E-state index contributed by atoms with van der Waals surface area (Å²) in [7, 11) is 1.34. The number of benzene rings is 2. The van der Waals surface area contributed by atoms with Crippen molar-refractivity contribution in [2.24, 2.45) is 0 Å². The number of anilines is 1. The molecule has 0 radical (unpaired) electrons. The lowest BCUT2D eigenvalue weighted by Crippen LogP contribution is -2.49. The van der Waals surface area contributed by atoms with Gasteiger partial charge in [0.2, 0.25) is 5.91 Å². The van der Waals surface area contributed by atoms with Gasteiger partial charge in [-0.1, -0.05) is 36.4 Å². The van der Waals surface area contributed by atoms with Gasteiger partial charge < -0.3 is 14.8 Å². The Morgan fingerprint density at radius 2 is 1.76 bits per heavy atom. The molecule has 0 saturated heterocycles. The third-order valence-electron chi connectivity index (χ3n) is 4.86. The van der Waals surface area contributed by atoms with Crippen LogP contribution in [0.1, 0.15) is 28.4 Å². The quantitative estimate of drug-likeness (QED) is 0.755. The molecule has 7 nitrogen and oxygen atoms in total. The normalized spacial score (nSPS) is 15.9. The standard InChI is InChI=1S/C22H24N2O5/c1-3-29-21(26)17-10-6-7-11-18(17)23-20(25)14-24-13-16-9-5-4-8-15(16)12-19(24)22(27)28-2/h4-11,19H,3,12-14H2,1-2H3,(H,23,25)/t19-/m1/s1. The first-order chi connectivity index (χ1) is 14.0. The van der Waals surface area contributed by atoms with E-state index >= 15 is 0 Å². The molecule has 0 aromatic heterocycles. The van der Waals surface area contributed by atoms with Crippen molar-refractivity contribution >= 4 is 23.5 Å². The Bertz CT molecular complexity index is 912. The predicted octanol–water partition coefficient (Wildman–Crippen LogP) is 2.40. The van der Waals surface area contributed by atoms with Gasteiger partial charge in [-0.2, -0.15) is 0 Å². The number of nitrogens with zero attached hydrogens (tertiary/aromatic N) is 1. The summed E-state index contributed by atoms with van der Waals surface area (Å²) in [5.74, 6) is -1.20. The zero-order chi connectivity index (χ0) is 20.8. The van der Waals surface area contributed by atoms with E-state index in [1.807, 2.05) is 24.3 Å². The van der Waals surface area contributed by atoms with E-state index in [-0.39, 0.29) is 30.6 Å². The second-order valence-electron chi connectivity index (χ2n) is 6.73. The van der Waals surface area contributed by atoms with Crippen LogP contribution in [0.15, 0.2) is 48.5 Å². The molecule has 7 heteroatoms. The van der Waals surface area contributed by atoms with Gasteiger partial charge in [0.05, 0.1) is 31.5 Å². The van der Waals surface area contributed by atoms with Crippen LogP contribution in [0.25, 0.3) is 0 Å². The highest BCUT2D eigenvalue weighted by Gasteiger charge is 2.33. The molecule has 152 valence electrons. The van der Waals surface area contributed by atoms with Crippen LogP contribution in [0, 0.1) is 0 Å². The van der Waals surface area contributed by atoms with Crippen LogP contribution in [0.4, 0.5) is 5.69 Å². The molecule has 1 amide bonds. The first-order valence-corrected chi connectivity index (χ1v) is 9.48. The molecule has 0 unspecified atom stereocenters. The molecule has 0 fully saturated rings. The molecular weight excluding hydrogens is 372 g/mol. The van der Waals surface area contributed by atoms with Crippen molar-refractivity contribution in [3.05, 3.63) is 65.2 Å². The van der Waals surface area contributed by atoms with Gasteiger partial charge in [0.15, 0.2) is 0 Å². The van der Waals surface area contributed by atoms with Crippen molar-refractivity contribution in [3.8, 4) is 0 Å². The minimum atomic E-state index is -0.541. The zero-order valence-electron chi connectivity index (χ0n) is 16.5. The number of carbonyl (C=O) groups is 3. The summed E-state index contributed by atoms with van der Waals surface area (Å²) in [6, 6.07) is 14.0. The van der Waals surface area contributed by atoms with Crippen molar-refractivity contribution in [1.82, 2.24) is 4.90 Å². The van der Waals surface area contributed by atoms with E-state index in [1.54, 1.807) is 36.1 Å². The molecule has 0 saturated carbocycles. The number of ether oxygens (including phenoxy) is 2. The first kappa shape index (κ1) is 20.5. The summed E-state index contributed by atoms with van der Waals surface area (Å²) in [5, 5.41) is 2.77. The van der Waals surface area contributed by atoms with E-state index in [2.05, 4.69) is 5.32 Å². The molecule has 1 N–H and O–H groups in total. The summed E-state index contributed by atoms with van der Waals surface area (Å²) in [5.41, 5.74) is 2.82. The summed E-state index contributed by atoms with van der Waals surface area (Å²) >= 11 is 0. The average molecular weight is 396 g/mol. The Labute approximate surface area is 169 Å². The Kier molecular flexibility index (Phi) is 6.61. The number of nitrogens with one attached hydrogen (secondary N) is 1. The average Bonchev–Trinajstić information content (AvgIpc) is 2.73. The van der Waals surface area contributed by atoms with Crippen LogP contribution >= 0.6 is 0 Å². The van der Waals surface area contributed by atoms with Crippen molar-refractivity contribution in [2.75, 3.05) is 25.6 Å². The van der Waals surface area contributed by atoms with Gasteiger partial charge in [-0.25, -0.2) is 4.79 Å².